The van der Waals surface area contributed by atoms with Crippen molar-refractivity contribution in [3.63, 3.8) is 0 Å². The minimum Gasteiger partial charge on any atom is -1.00 e. The maximum absolute atomic E-state index is 9.00. The van der Waals surface area contributed by atoms with Gasteiger partial charge in [-0.1, -0.05) is 0 Å². The third-order valence-corrected chi connectivity index (χ3v) is 0.478. The van der Waals surface area contributed by atoms with E-state index >= 15 is 0 Å². The molecule has 1 aromatic rings. The molecule has 0 fully saturated rings. The van der Waals surface area contributed by atoms with Crippen molar-refractivity contribution in [3.8, 4) is 0 Å². The molecule has 0 bridgehead atoms. The van der Waals surface area contributed by atoms with Crippen molar-refractivity contribution < 1.29 is 40.9 Å². The average Bonchev–Trinajstić information content (AvgIpc) is 1.90. The molecule has 0 atom stereocenters. The number of aliphatic carboxylic acids is 1. The number of carboxylic acid groups (broad SMARTS) is 1. The van der Waals surface area contributed by atoms with Gasteiger partial charge in [0.1, 0.15) is 6.33 Å². The molecule has 0 aliphatic heterocycles. The van der Waals surface area contributed by atoms with Crippen molar-refractivity contribution in [2.45, 2.75) is 6.92 Å². The first-order chi connectivity index (χ1) is 4.73. The first-order valence-electron chi connectivity index (χ1n) is 2.63. The fourth-order valence-corrected chi connectivity index (χ4v) is 0.253. The molecule has 1 N–H and O–H groups in total. The summed E-state index contributed by atoms with van der Waals surface area (Å²) in [7, 11) is 0. The van der Waals surface area contributed by atoms with E-state index in [-0.39, 0.29) is 55.8 Å². The summed E-state index contributed by atoms with van der Waals surface area (Å²) < 4.78 is 0. The third kappa shape index (κ3) is 33.1. The number of nitrogens with zero attached hydrogens (tertiary/aromatic N) is 2. The van der Waals surface area contributed by atoms with E-state index in [1.165, 1.54) is 6.33 Å². The maximum Gasteiger partial charge on any atom is 1.00 e. The molecule has 7 heteroatoms. The number of hydrogen-bond donors (Lipinski definition) is 1. The van der Waals surface area contributed by atoms with Gasteiger partial charge in [0, 0.05) is 19.3 Å². The normalized spacial score (nSPS) is 5.62. The van der Waals surface area contributed by atoms with E-state index in [1.54, 1.807) is 18.5 Å². The summed E-state index contributed by atoms with van der Waals surface area (Å²) in [5, 5.41) is 7.42. The molecule has 1 aromatic heterocycles. The zero-order chi connectivity index (χ0) is 7.82. The van der Waals surface area contributed by atoms with E-state index in [9.17, 15) is 0 Å². The van der Waals surface area contributed by atoms with Gasteiger partial charge in [-0.15, -0.1) is 24.8 Å². The number of carbonyl (C=O) groups is 1. The van der Waals surface area contributed by atoms with Crippen LogP contribution in [0.5, 0.6) is 0 Å². The van der Waals surface area contributed by atoms with E-state index in [0.717, 1.165) is 6.92 Å². The van der Waals surface area contributed by atoms with Crippen LogP contribution < -0.4 is 29.6 Å². The minimum absolute atomic E-state index is 0. The van der Waals surface area contributed by atoms with Crippen molar-refractivity contribution in [3.05, 3.63) is 24.8 Å². The van der Waals surface area contributed by atoms with E-state index in [1.807, 2.05) is 0 Å². The fourth-order valence-electron chi connectivity index (χ4n) is 0.253. The Morgan fingerprint density at radius 3 is 1.69 bits per heavy atom. The fraction of sp³-hybridized carbons (Fsp3) is 0.167. The second-order valence-corrected chi connectivity index (χ2v) is 1.42. The summed E-state index contributed by atoms with van der Waals surface area (Å²) in [5.41, 5.74) is 0. The summed E-state index contributed by atoms with van der Waals surface area (Å²) in [6.45, 7) is 1.08. The predicted molar refractivity (Wildman–Crippen MR) is 50.9 cm³/mol. The molecular formula is C6H11Cl2N2NaO2. The van der Waals surface area contributed by atoms with E-state index in [4.69, 9.17) is 9.90 Å². The van der Waals surface area contributed by atoms with Gasteiger partial charge in [-0.3, -0.25) is 4.79 Å². The van der Waals surface area contributed by atoms with Gasteiger partial charge in [0.2, 0.25) is 0 Å². The summed E-state index contributed by atoms with van der Waals surface area (Å²) in [6.07, 6.45) is 4.88. The molecule has 0 amide bonds. The molecule has 4 nitrogen and oxygen atoms in total. The summed E-state index contributed by atoms with van der Waals surface area (Å²) >= 11 is 0. The minimum atomic E-state index is -0.833. The molecule has 1 heterocycles. The van der Waals surface area contributed by atoms with Crippen LogP contribution in [0.2, 0.25) is 0 Å². The van der Waals surface area contributed by atoms with Crippen molar-refractivity contribution in [2.24, 2.45) is 0 Å². The molecule has 72 valence electrons. The van der Waals surface area contributed by atoms with Gasteiger partial charge >= 0.3 is 29.6 Å². The average molecular weight is 237 g/mol. The number of hydrogen-bond acceptors (Lipinski definition) is 3. The van der Waals surface area contributed by atoms with Gasteiger partial charge in [0.15, 0.2) is 0 Å². The second kappa shape index (κ2) is 18.0. The summed E-state index contributed by atoms with van der Waals surface area (Å²) in [6, 6.07) is 1.78. The van der Waals surface area contributed by atoms with Gasteiger partial charge in [0.25, 0.3) is 5.97 Å². The Balaban J connectivity index is -0.0000000315. The molecule has 0 aliphatic carbocycles. The molecule has 0 aliphatic rings. The molecule has 1 rings (SSSR count). The topological polar surface area (TPSA) is 63.1 Å². The van der Waals surface area contributed by atoms with E-state index in [0.29, 0.717) is 0 Å². The Labute approximate surface area is 113 Å². The standard InChI is InChI=1S/C4H4N2.C2H4O2.2ClH.Na.H/c1-2-5-4-6-3-1;1-2(3)4;;;;/h1-4H;1H3,(H,3,4);2*1H;;/q;;;;+1;-1. The zero-order valence-corrected chi connectivity index (χ0v) is 11.0. The van der Waals surface area contributed by atoms with Crippen LogP contribution in [0.4, 0.5) is 0 Å². The molecule has 0 spiro atoms. The Morgan fingerprint density at radius 1 is 1.31 bits per heavy atom. The Kier molecular flexibility index (Phi) is 32.1. The molecule has 0 unspecified atom stereocenters. The van der Waals surface area contributed by atoms with E-state index in [2.05, 4.69) is 9.97 Å². The summed E-state index contributed by atoms with van der Waals surface area (Å²) in [4.78, 5) is 16.3. The maximum atomic E-state index is 9.00. The van der Waals surface area contributed by atoms with Crippen molar-refractivity contribution in [1.82, 2.24) is 9.97 Å². The Bertz CT molecular complexity index is 164. The first-order valence-corrected chi connectivity index (χ1v) is 2.63. The Morgan fingerprint density at radius 2 is 1.62 bits per heavy atom. The zero-order valence-electron chi connectivity index (χ0n) is 8.38. The largest absolute Gasteiger partial charge is 1.00 e. The number of aromatic nitrogens is 2. The quantitative estimate of drug-likeness (QED) is 0.559. The predicted octanol–water partition coefficient (Wildman–Crippen LogP) is -1.47. The van der Waals surface area contributed by atoms with Gasteiger partial charge in [-0.05, 0) is 6.07 Å². The smallest absolute Gasteiger partial charge is 1.00 e. The molecule has 0 saturated heterocycles. The van der Waals surface area contributed by atoms with Crippen molar-refractivity contribution in [2.75, 3.05) is 0 Å². The van der Waals surface area contributed by atoms with Crippen LogP contribution in [0, 0.1) is 0 Å². The van der Waals surface area contributed by atoms with Gasteiger partial charge in [-0.25, -0.2) is 9.97 Å². The molecular weight excluding hydrogens is 226 g/mol. The first kappa shape index (κ1) is 23.2. The molecule has 0 radical (unpaired) electrons. The van der Waals surface area contributed by atoms with Gasteiger partial charge in [0.05, 0.1) is 0 Å². The van der Waals surface area contributed by atoms with Crippen LogP contribution in [0.1, 0.15) is 8.35 Å². The Hall–Kier alpha value is 0.130. The van der Waals surface area contributed by atoms with Crippen molar-refractivity contribution >= 4 is 30.8 Å². The van der Waals surface area contributed by atoms with Gasteiger partial charge < -0.3 is 6.53 Å². The summed E-state index contributed by atoms with van der Waals surface area (Å²) in [5.74, 6) is -0.833. The number of carboxylic acids is 1. The van der Waals surface area contributed by atoms with Crippen LogP contribution >= 0.6 is 24.8 Å². The molecule has 13 heavy (non-hydrogen) atoms. The van der Waals surface area contributed by atoms with Gasteiger partial charge in [-0.2, -0.15) is 0 Å². The van der Waals surface area contributed by atoms with Crippen LogP contribution in [0.15, 0.2) is 24.8 Å². The van der Waals surface area contributed by atoms with Crippen LogP contribution in [0.3, 0.4) is 0 Å². The van der Waals surface area contributed by atoms with Crippen molar-refractivity contribution in [1.29, 1.82) is 0 Å². The monoisotopic (exact) mass is 236 g/mol. The SMILES string of the molecule is CC(=O)O.Cl.Cl.[H-].[Na+].c1cncnc1. The number of halogens is 2. The van der Waals surface area contributed by atoms with Crippen LogP contribution in [-0.2, 0) is 4.79 Å². The molecule has 0 saturated carbocycles. The van der Waals surface area contributed by atoms with Crippen LogP contribution in [-0.4, -0.2) is 21.0 Å². The number of rotatable bonds is 0. The van der Waals surface area contributed by atoms with E-state index < -0.39 is 5.97 Å². The second-order valence-electron chi connectivity index (χ2n) is 1.42. The van der Waals surface area contributed by atoms with Crippen LogP contribution in [0.25, 0.3) is 0 Å². The third-order valence-electron chi connectivity index (χ3n) is 0.478. The molecule has 0 aromatic carbocycles.